The van der Waals surface area contributed by atoms with Gasteiger partial charge in [-0.15, -0.1) is 0 Å². The van der Waals surface area contributed by atoms with Crippen LogP contribution < -0.4 is 9.47 Å². The third-order valence-corrected chi connectivity index (χ3v) is 8.66. The summed E-state index contributed by atoms with van der Waals surface area (Å²) in [7, 11) is 0.673. The number of methoxy groups -OCH3 is 1. The molecule has 0 aromatic heterocycles. The van der Waals surface area contributed by atoms with Gasteiger partial charge in [0, 0.05) is 22.8 Å². The number of carbonyl (C=O) groups excluding carboxylic acids is 1. The molecule has 0 radical (unpaired) electrons. The van der Waals surface area contributed by atoms with E-state index in [-0.39, 0.29) is 11.9 Å². The lowest BCUT2D eigenvalue weighted by molar-refractivity contribution is -0.141. The van der Waals surface area contributed by atoms with Crippen molar-refractivity contribution in [3.63, 3.8) is 0 Å². The van der Waals surface area contributed by atoms with Crippen molar-refractivity contribution in [3.8, 4) is 22.6 Å². The predicted molar refractivity (Wildman–Crippen MR) is 151 cm³/mol. The molecule has 2 aliphatic rings. The second kappa shape index (κ2) is 11.3. The van der Waals surface area contributed by atoms with Gasteiger partial charge in [-0.25, -0.2) is 0 Å². The average molecular weight is 533 g/mol. The van der Waals surface area contributed by atoms with Gasteiger partial charge in [-0.2, -0.15) is 0 Å². The normalized spacial score (nSPS) is 19.8. The maximum Gasteiger partial charge on any atom is 0.306 e. The minimum Gasteiger partial charge on any atom is -0.494 e. The zero-order valence-corrected chi connectivity index (χ0v) is 23.4. The fourth-order valence-electron chi connectivity index (χ4n) is 5.97. The zero-order valence-electron chi connectivity index (χ0n) is 22.6. The molecular weight excluding hydrogens is 496 g/mol. The summed E-state index contributed by atoms with van der Waals surface area (Å²) in [5, 5.41) is 0. The van der Waals surface area contributed by atoms with Crippen LogP contribution in [0.5, 0.6) is 11.5 Å². The number of hydrogen-bond acceptors (Lipinski definition) is 5. The molecule has 0 saturated heterocycles. The molecule has 0 heterocycles. The maximum absolute atomic E-state index is 11.9. The fraction of sp³-hybridized carbons (Fsp3) is 0.406. The SMILES string of the molecule is COC(=O)CC1c2ccc(OCc3cccc(-c4c(C)cc(OCCCS(C)=O)cc4C)c3)cc2C2CC12. The zero-order chi connectivity index (χ0) is 26.8. The summed E-state index contributed by atoms with van der Waals surface area (Å²) in [5.41, 5.74) is 8.43. The molecule has 3 aromatic rings. The lowest BCUT2D eigenvalue weighted by Crippen LogP contribution is -2.09. The molecule has 3 aromatic carbocycles. The lowest BCUT2D eigenvalue weighted by atomic mass is 9.93. The van der Waals surface area contributed by atoms with Crippen molar-refractivity contribution in [1.82, 2.24) is 0 Å². The van der Waals surface area contributed by atoms with Crippen LogP contribution in [0.1, 0.15) is 58.9 Å². The van der Waals surface area contributed by atoms with Crippen LogP contribution in [0.2, 0.25) is 0 Å². The van der Waals surface area contributed by atoms with Crippen LogP contribution >= 0.6 is 0 Å². The Morgan fingerprint density at radius 1 is 0.974 bits per heavy atom. The molecule has 0 aliphatic heterocycles. The standard InChI is InChI=1S/C32H36O5S/c1-20-13-25(36-11-6-12-38(4)34)14-21(2)32(20)23-8-5-7-22(15-23)19-37-24-9-10-26-27(16-24)28-17-29(28)30(26)18-31(33)35-3/h5,7-10,13-16,28-30H,6,11-12,17-19H2,1-4H3. The van der Waals surface area contributed by atoms with Crippen LogP contribution in [0.25, 0.3) is 11.1 Å². The van der Waals surface area contributed by atoms with Crippen LogP contribution in [0.4, 0.5) is 0 Å². The third-order valence-electron chi connectivity index (χ3n) is 7.80. The summed E-state index contributed by atoms with van der Waals surface area (Å²) in [4.78, 5) is 11.9. The first-order chi connectivity index (χ1) is 18.3. The molecule has 1 fully saturated rings. The molecular formula is C32H36O5S. The summed E-state index contributed by atoms with van der Waals surface area (Å²) in [6.07, 6.45) is 4.12. The Kier molecular flexibility index (Phi) is 7.89. The Morgan fingerprint density at radius 3 is 2.50 bits per heavy atom. The first kappa shape index (κ1) is 26.5. The largest absolute Gasteiger partial charge is 0.494 e. The van der Waals surface area contributed by atoms with E-state index in [1.54, 1.807) is 6.26 Å². The Bertz CT molecular complexity index is 1340. The van der Waals surface area contributed by atoms with Gasteiger partial charge in [0.1, 0.15) is 18.1 Å². The fourth-order valence-corrected chi connectivity index (χ4v) is 6.50. The summed E-state index contributed by atoms with van der Waals surface area (Å²) in [6.45, 7) is 5.29. The number of carbonyl (C=O) groups is 1. The van der Waals surface area contributed by atoms with Gasteiger partial charge in [-0.05, 0) is 114 Å². The monoisotopic (exact) mass is 532 g/mol. The average Bonchev–Trinajstić information content (AvgIpc) is 3.63. The first-order valence-corrected chi connectivity index (χ1v) is 15.0. The lowest BCUT2D eigenvalue weighted by Gasteiger charge is -2.16. The number of benzene rings is 3. The van der Waals surface area contributed by atoms with Gasteiger partial charge in [0.2, 0.25) is 0 Å². The van der Waals surface area contributed by atoms with Gasteiger partial charge in [-0.1, -0.05) is 24.3 Å². The minimum atomic E-state index is -0.787. The molecule has 38 heavy (non-hydrogen) atoms. The quantitative estimate of drug-likeness (QED) is 0.209. The molecule has 200 valence electrons. The molecule has 2 aliphatic carbocycles. The van der Waals surface area contributed by atoms with Crippen molar-refractivity contribution < 1.29 is 23.2 Å². The molecule has 4 unspecified atom stereocenters. The van der Waals surface area contributed by atoms with Crippen molar-refractivity contribution in [2.75, 3.05) is 25.7 Å². The number of hydrogen-bond donors (Lipinski definition) is 0. The Hall–Kier alpha value is -3.12. The highest BCUT2D eigenvalue weighted by atomic mass is 32.2. The van der Waals surface area contributed by atoms with Gasteiger partial charge in [0.25, 0.3) is 0 Å². The first-order valence-electron chi connectivity index (χ1n) is 13.3. The number of aryl methyl sites for hydroxylation is 2. The van der Waals surface area contributed by atoms with E-state index in [0.717, 1.165) is 46.6 Å². The smallest absolute Gasteiger partial charge is 0.306 e. The number of esters is 1. The van der Waals surface area contributed by atoms with E-state index >= 15 is 0 Å². The van der Waals surface area contributed by atoms with E-state index in [2.05, 4.69) is 62.4 Å². The van der Waals surface area contributed by atoms with Crippen molar-refractivity contribution in [3.05, 3.63) is 82.4 Å². The molecule has 5 nitrogen and oxygen atoms in total. The summed E-state index contributed by atoms with van der Waals surface area (Å²) < 4.78 is 28.3. The third kappa shape index (κ3) is 5.80. The second-order valence-corrected chi connectivity index (χ2v) is 12.1. The molecule has 0 spiro atoms. The van der Waals surface area contributed by atoms with Crippen LogP contribution in [-0.4, -0.2) is 35.9 Å². The van der Waals surface area contributed by atoms with E-state index in [1.807, 2.05) is 6.07 Å². The van der Waals surface area contributed by atoms with Crippen LogP contribution in [0.3, 0.4) is 0 Å². The van der Waals surface area contributed by atoms with E-state index in [0.29, 0.717) is 37.2 Å². The molecule has 0 bridgehead atoms. The Balaban J connectivity index is 1.25. The summed E-state index contributed by atoms with van der Waals surface area (Å²) in [6, 6.07) is 19.0. The number of rotatable bonds is 11. The highest BCUT2D eigenvalue weighted by molar-refractivity contribution is 7.84. The Morgan fingerprint density at radius 2 is 1.76 bits per heavy atom. The molecule has 0 amide bonds. The van der Waals surface area contributed by atoms with E-state index in [4.69, 9.17) is 14.2 Å². The van der Waals surface area contributed by atoms with Crippen molar-refractivity contribution >= 4 is 16.8 Å². The Labute approximate surface area is 228 Å². The van der Waals surface area contributed by atoms with Crippen molar-refractivity contribution in [2.45, 2.75) is 51.6 Å². The van der Waals surface area contributed by atoms with E-state index in [1.165, 1.54) is 23.8 Å². The van der Waals surface area contributed by atoms with Gasteiger partial charge in [0.05, 0.1) is 20.1 Å². The predicted octanol–water partition coefficient (Wildman–Crippen LogP) is 6.46. The minimum absolute atomic E-state index is 0.132. The molecule has 6 heteroatoms. The van der Waals surface area contributed by atoms with Crippen LogP contribution in [-0.2, 0) is 26.9 Å². The highest BCUT2D eigenvalue weighted by Crippen LogP contribution is 2.64. The van der Waals surface area contributed by atoms with Crippen molar-refractivity contribution in [1.29, 1.82) is 0 Å². The molecule has 0 N–H and O–H groups in total. The topological polar surface area (TPSA) is 61.8 Å². The maximum atomic E-state index is 11.9. The van der Waals surface area contributed by atoms with Gasteiger partial charge >= 0.3 is 5.97 Å². The number of ether oxygens (including phenoxy) is 3. The van der Waals surface area contributed by atoms with Gasteiger partial charge in [-0.3, -0.25) is 9.00 Å². The summed E-state index contributed by atoms with van der Waals surface area (Å²) >= 11 is 0. The van der Waals surface area contributed by atoms with Gasteiger partial charge < -0.3 is 14.2 Å². The van der Waals surface area contributed by atoms with Crippen LogP contribution in [0, 0.1) is 19.8 Å². The van der Waals surface area contributed by atoms with Crippen molar-refractivity contribution in [2.24, 2.45) is 5.92 Å². The van der Waals surface area contributed by atoms with Crippen LogP contribution in [0.15, 0.2) is 54.6 Å². The second-order valence-electron chi connectivity index (χ2n) is 10.6. The molecule has 5 rings (SSSR count). The molecule has 1 saturated carbocycles. The van der Waals surface area contributed by atoms with E-state index in [9.17, 15) is 9.00 Å². The highest BCUT2D eigenvalue weighted by Gasteiger charge is 2.52. The summed E-state index contributed by atoms with van der Waals surface area (Å²) in [5.74, 6) is 3.66. The molecule has 4 atom stereocenters. The van der Waals surface area contributed by atoms with Gasteiger partial charge in [0.15, 0.2) is 0 Å². The van der Waals surface area contributed by atoms with E-state index < -0.39 is 10.8 Å². The number of fused-ring (bicyclic) bond motifs is 3.